The molecule has 6 nitrogen and oxygen atoms in total. The van der Waals surface area contributed by atoms with Gasteiger partial charge in [0.25, 0.3) is 0 Å². The van der Waals surface area contributed by atoms with E-state index in [0.717, 1.165) is 5.82 Å². The fourth-order valence-electron chi connectivity index (χ4n) is 1.65. The molecule has 0 fully saturated rings. The van der Waals surface area contributed by atoms with E-state index in [4.69, 9.17) is 0 Å². The summed E-state index contributed by atoms with van der Waals surface area (Å²) >= 11 is 0. The first-order valence-corrected chi connectivity index (χ1v) is 6.67. The highest BCUT2D eigenvalue weighted by Crippen LogP contribution is 2.18. The molecule has 0 bridgehead atoms. The minimum absolute atomic E-state index is 0.0815. The Labute approximate surface area is 115 Å². The highest BCUT2D eigenvalue weighted by molar-refractivity contribution is 5.39. The molecule has 0 aromatic carbocycles. The first-order chi connectivity index (χ1) is 8.86. The number of aliphatic hydroxyl groups is 1. The molecule has 0 amide bonds. The van der Waals surface area contributed by atoms with Crippen molar-refractivity contribution in [3.8, 4) is 0 Å². The summed E-state index contributed by atoms with van der Waals surface area (Å²) in [7, 11) is 3.82. The van der Waals surface area contributed by atoms with Gasteiger partial charge in [0.05, 0.1) is 6.61 Å². The van der Waals surface area contributed by atoms with Crippen LogP contribution >= 0.6 is 0 Å². The summed E-state index contributed by atoms with van der Waals surface area (Å²) in [6, 6.07) is 0.226. The first-order valence-electron chi connectivity index (χ1n) is 6.67. The van der Waals surface area contributed by atoms with Gasteiger partial charge in [0, 0.05) is 32.6 Å². The van der Waals surface area contributed by atoms with Crippen LogP contribution < -0.4 is 9.80 Å². The minimum Gasteiger partial charge on any atom is -0.395 e. The molecule has 1 rings (SSSR count). The van der Waals surface area contributed by atoms with Crippen LogP contribution in [0.4, 0.5) is 11.9 Å². The van der Waals surface area contributed by atoms with E-state index < -0.39 is 0 Å². The van der Waals surface area contributed by atoms with Gasteiger partial charge in [-0.15, -0.1) is 0 Å². The fraction of sp³-hybridized carbons (Fsp3) is 0.769. The quantitative estimate of drug-likeness (QED) is 0.837. The lowest BCUT2D eigenvalue weighted by molar-refractivity contribution is 0.298. The number of aromatic nitrogens is 3. The first kappa shape index (κ1) is 15.6. The van der Waals surface area contributed by atoms with Crippen molar-refractivity contribution in [2.45, 2.75) is 39.7 Å². The number of nitrogens with zero attached hydrogens (tertiary/aromatic N) is 5. The topological polar surface area (TPSA) is 65.4 Å². The molecule has 1 aromatic heterocycles. The lowest BCUT2D eigenvalue weighted by Gasteiger charge is -2.27. The van der Waals surface area contributed by atoms with Crippen molar-refractivity contribution in [3.05, 3.63) is 5.82 Å². The summed E-state index contributed by atoms with van der Waals surface area (Å²) in [6.07, 6.45) is 0. The molecule has 0 radical (unpaired) electrons. The third-order valence-corrected chi connectivity index (χ3v) is 2.77. The molecule has 0 spiro atoms. The maximum atomic E-state index is 9.18. The predicted octanol–water partition coefficient (Wildman–Crippen LogP) is 1.27. The molecular formula is C13H25N5O. The average Bonchev–Trinajstić information content (AvgIpc) is 2.34. The summed E-state index contributed by atoms with van der Waals surface area (Å²) < 4.78 is 0. The molecule has 0 aliphatic rings. The summed E-state index contributed by atoms with van der Waals surface area (Å²) in [5.41, 5.74) is 0. The van der Waals surface area contributed by atoms with E-state index in [1.165, 1.54) is 0 Å². The Hall–Kier alpha value is -1.43. The normalized spacial score (nSPS) is 11.2. The van der Waals surface area contributed by atoms with E-state index in [-0.39, 0.29) is 18.6 Å². The lowest BCUT2D eigenvalue weighted by Crippen LogP contribution is -2.35. The average molecular weight is 267 g/mol. The maximum absolute atomic E-state index is 9.18. The van der Waals surface area contributed by atoms with Crippen LogP contribution in [0, 0.1) is 0 Å². The molecular weight excluding hydrogens is 242 g/mol. The minimum atomic E-state index is 0.0815. The molecule has 0 unspecified atom stereocenters. The number of hydrogen-bond donors (Lipinski definition) is 1. The molecule has 0 aliphatic heterocycles. The van der Waals surface area contributed by atoms with Crippen molar-refractivity contribution >= 4 is 11.9 Å². The van der Waals surface area contributed by atoms with Crippen molar-refractivity contribution < 1.29 is 5.11 Å². The van der Waals surface area contributed by atoms with E-state index in [1.807, 2.05) is 23.9 Å². The third kappa shape index (κ3) is 4.02. The fourth-order valence-corrected chi connectivity index (χ4v) is 1.65. The second-order valence-electron chi connectivity index (χ2n) is 5.35. The highest BCUT2D eigenvalue weighted by atomic mass is 16.3. The largest absolute Gasteiger partial charge is 0.395 e. The summed E-state index contributed by atoms with van der Waals surface area (Å²) in [5, 5.41) is 9.18. The van der Waals surface area contributed by atoms with E-state index in [1.54, 1.807) is 0 Å². The van der Waals surface area contributed by atoms with Crippen molar-refractivity contribution in [1.82, 2.24) is 15.0 Å². The van der Waals surface area contributed by atoms with Gasteiger partial charge in [0.2, 0.25) is 11.9 Å². The molecule has 1 N–H and O–H groups in total. The third-order valence-electron chi connectivity index (χ3n) is 2.77. The molecule has 6 heteroatoms. The molecule has 0 saturated carbocycles. The number of anilines is 2. The molecule has 108 valence electrons. The Kier molecular flexibility index (Phi) is 5.47. The molecule has 0 saturated heterocycles. The van der Waals surface area contributed by atoms with Crippen LogP contribution in [0.2, 0.25) is 0 Å². The van der Waals surface area contributed by atoms with Crippen LogP contribution in [0.25, 0.3) is 0 Å². The Morgan fingerprint density at radius 2 is 1.58 bits per heavy atom. The van der Waals surface area contributed by atoms with Crippen LogP contribution in [0.1, 0.15) is 39.4 Å². The lowest BCUT2D eigenvalue weighted by atomic mass is 10.2. The Morgan fingerprint density at radius 1 is 1.00 bits per heavy atom. The molecule has 1 heterocycles. The second-order valence-corrected chi connectivity index (χ2v) is 5.35. The second kappa shape index (κ2) is 6.65. The van der Waals surface area contributed by atoms with Crippen LogP contribution in [-0.2, 0) is 0 Å². The summed E-state index contributed by atoms with van der Waals surface area (Å²) in [5.74, 6) is 2.30. The smallest absolute Gasteiger partial charge is 0.230 e. The van der Waals surface area contributed by atoms with Crippen molar-refractivity contribution in [2.24, 2.45) is 0 Å². The van der Waals surface area contributed by atoms with E-state index >= 15 is 0 Å². The van der Waals surface area contributed by atoms with E-state index in [2.05, 4.69) is 42.6 Å². The Morgan fingerprint density at radius 3 is 2.00 bits per heavy atom. The van der Waals surface area contributed by atoms with Crippen LogP contribution in [0.5, 0.6) is 0 Å². The zero-order valence-corrected chi connectivity index (χ0v) is 12.8. The van der Waals surface area contributed by atoms with Crippen molar-refractivity contribution in [2.75, 3.05) is 37.0 Å². The standard InChI is InChI=1S/C13H25N5O/c1-9(2)11-14-12(17(5)6)16-13(15-11)18(7-8-19)10(3)4/h9-10,19H,7-8H2,1-6H3. The summed E-state index contributed by atoms with van der Waals surface area (Å²) in [6.45, 7) is 8.84. The molecule has 0 atom stereocenters. The van der Waals surface area contributed by atoms with Crippen LogP contribution in [0.15, 0.2) is 0 Å². The van der Waals surface area contributed by atoms with Gasteiger partial charge in [0.15, 0.2) is 0 Å². The molecule has 19 heavy (non-hydrogen) atoms. The highest BCUT2D eigenvalue weighted by Gasteiger charge is 2.17. The van der Waals surface area contributed by atoms with Gasteiger partial charge in [-0.3, -0.25) is 0 Å². The molecule has 1 aromatic rings. The number of hydrogen-bond acceptors (Lipinski definition) is 6. The van der Waals surface area contributed by atoms with Gasteiger partial charge in [-0.25, -0.2) is 0 Å². The van der Waals surface area contributed by atoms with Gasteiger partial charge in [-0.05, 0) is 13.8 Å². The van der Waals surface area contributed by atoms with Crippen LogP contribution in [-0.4, -0.2) is 53.3 Å². The van der Waals surface area contributed by atoms with E-state index in [0.29, 0.717) is 18.4 Å². The van der Waals surface area contributed by atoms with Crippen molar-refractivity contribution in [3.63, 3.8) is 0 Å². The van der Waals surface area contributed by atoms with Gasteiger partial charge in [-0.1, -0.05) is 13.8 Å². The SMILES string of the molecule is CC(C)c1nc(N(C)C)nc(N(CCO)C(C)C)n1. The number of rotatable bonds is 6. The van der Waals surface area contributed by atoms with Crippen molar-refractivity contribution in [1.29, 1.82) is 0 Å². The van der Waals surface area contributed by atoms with Gasteiger partial charge >= 0.3 is 0 Å². The van der Waals surface area contributed by atoms with Gasteiger partial charge in [-0.2, -0.15) is 15.0 Å². The monoisotopic (exact) mass is 267 g/mol. The van der Waals surface area contributed by atoms with Crippen LogP contribution in [0.3, 0.4) is 0 Å². The zero-order chi connectivity index (χ0) is 14.6. The zero-order valence-electron chi connectivity index (χ0n) is 12.8. The van der Waals surface area contributed by atoms with E-state index in [9.17, 15) is 5.11 Å². The van der Waals surface area contributed by atoms with Gasteiger partial charge < -0.3 is 14.9 Å². The van der Waals surface area contributed by atoms with Gasteiger partial charge in [0.1, 0.15) is 5.82 Å². The Balaban J connectivity index is 3.24. The molecule has 0 aliphatic carbocycles. The Bertz CT molecular complexity index is 380. The number of aliphatic hydroxyl groups excluding tert-OH is 1. The predicted molar refractivity (Wildman–Crippen MR) is 77.8 cm³/mol. The maximum Gasteiger partial charge on any atom is 0.230 e. The summed E-state index contributed by atoms with van der Waals surface area (Å²) in [4.78, 5) is 17.3.